The Labute approximate surface area is 245 Å². The summed E-state index contributed by atoms with van der Waals surface area (Å²) in [5.74, 6) is -0.924. The van der Waals surface area contributed by atoms with E-state index in [1.54, 1.807) is 53.4 Å². The summed E-state index contributed by atoms with van der Waals surface area (Å²) >= 11 is 1.36. The lowest BCUT2D eigenvalue weighted by molar-refractivity contribution is -0.137. The Morgan fingerprint density at radius 1 is 0.976 bits per heavy atom. The highest BCUT2D eigenvalue weighted by molar-refractivity contribution is 7.10. The number of thiophene rings is 1. The molecule has 0 bridgehead atoms. The van der Waals surface area contributed by atoms with Gasteiger partial charge in [-0.25, -0.2) is 4.79 Å². The van der Waals surface area contributed by atoms with Crippen molar-refractivity contribution in [3.8, 4) is 11.5 Å². The van der Waals surface area contributed by atoms with Gasteiger partial charge in [-0.15, -0.1) is 11.3 Å². The maximum atomic E-state index is 13.4. The van der Waals surface area contributed by atoms with Crippen LogP contribution in [0.5, 0.6) is 11.5 Å². The Hall–Kier alpha value is -4.78. The molecule has 3 heterocycles. The smallest absolute Gasteiger partial charge is 0.409 e. The minimum atomic E-state index is -1.04. The number of carboxylic acids is 1. The highest BCUT2D eigenvalue weighted by Crippen LogP contribution is 2.34. The van der Waals surface area contributed by atoms with E-state index in [2.05, 4.69) is 10.6 Å². The molecule has 0 saturated carbocycles. The topological polar surface area (TPSA) is 147 Å². The number of fused-ring (bicyclic) bond motifs is 1. The van der Waals surface area contributed by atoms with Crippen LogP contribution in [0.25, 0.3) is 0 Å². The van der Waals surface area contributed by atoms with E-state index in [1.807, 2.05) is 10.3 Å². The van der Waals surface area contributed by atoms with Crippen molar-refractivity contribution in [2.75, 3.05) is 50.3 Å². The molecule has 1 aromatic heterocycles. The molecule has 0 spiro atoms. The van der Waals surface area contributed by atoms with E-state index in [0.717, 1.165) is 4.88 Å². The number of amides is 3. The molecule has 0 aliphatic carbocycles. The molecule has 42 heavy (non-hydrogen) atoms. The van der Waals surface area contributed by atoms with Gasteiger partial charge in [0.05, 0.1) is 30.9 Å². The monoisotopic (exact) mass is 594 g/mol. The second-order valence-corrected chi connectivity index (χ2v) is 10.7. The maximum Gasteiger partial charge on any atom is 0.409 e. The van der Waals surface area contributed by atoms with Crippen molar-refractivity contribution in [3.05, 3.63) is 69.9 Å². The lowest BCUT2D eigenvalue weighted by atomic mass is 10.1. The van der Waals surface area contributed by atoms with Crippen LogP contribution in [0.2, 0.25) is 0 Å². The average Bonchev–Trinajstić information content (AvgIpc) is 3.64. The van der Waals surface area contributed by atoms with Crippen molar-refractivity contribution in [2.45, 2.75) is 18.9 Å². The fraction of sp³-hybridized carbons (Fsp3) is 0.310. The molecule has 12 nitrogen and oxygen atoms in total. The number of hydrogen-bond donors (Lipinski definition) is 3. The van der Waals surface area contributed by atoms with Gasteiger partial charge in [0, 0.05) is 42.2 Å². The first-order chi connectivity index (χ1) is 20.3. The normalized spacial score (nSPS) is 15.0. The average molecular weight is 595 g/mol. The molecule has 0 radical (unpaired) electrons. The predicted molar refractivity (Wildman–Crippen MR) is 155 cm³/mol. The summed E-state index contributed by atoms with van der Waals surface area (Å²) in [6.45, 7) is 2.10. The van der Waals surface area contributed by atoms with Gasteiger partial charge < -0.3 is 39.8 Å². The molecule has 3 aromatic rings. The van der Waals surface area contributed by atoms with Crippen molar-refractivity contribution in [1.29, 1.82) is 0 Å². The molecule has 1 saturated heterocycles. The highest BCUT2D eigenvalue weighted by atomic mass is 32.1. The Bertz CT molecular complexity index is 1480. The van der Waals surface area contributed by atoms with E-state index < -0.39 is 29.9 Å². The maximum absolute atomic E-state index is 13.4. The van der Waals surface area contributed by atoms with Crippen LogP contribution in [0, 0.1) is 0 Å². The molecule has 2 aromatic carbocycles. The van der Waals surface area contributed by atoms with Crippen LogP contribution in [0.3, 0.4) is 0 Å². The molecule has 1 unspecified atom stereocenters. The summed E-state index contributed by atoms with van der Waals surface area (Å²) in [6.07, 6.45) is -0.00514. The summed E-state index contributed by atoms with van der Waals surface area (Å²) in [6, 6.07) is 12.7. The summed E-state index contributed by atoms with van der Waals surface area (Å²) in [5.41, 5.74) is 1.65. The number of ether oxygens (including phenoxy) is 3. The second-order valence-electron chi connectivity index (χ2n) is 9.69. The van der Waals surface area contributed by atoms with E-state index in [-0.39, 0.29) is 18.8 Å². The van der Waals surface area contributed by atoms with Crippen LogP contribution in [-0.2, 0) is 9.53 Å². The fourth-order valence-electron chi connectivity index (χ4n) is 4.88. The van der Waals surface area contributed by atoms with Gasteiger partial charge in [-0.3, -0.25) is 14.4 Å². The SMILES string of the molecule is COC(=O)N1CCCN(c2ccc(C(=O)NC(CC(=O)O)c3cccs3)cc2NC(=O)c2ccc3c(c2)OCO3)CC1. The number of rotatable bonds is 8. The number of nitrogens with zero attached hydrogens (tertiary/aromatic N) is 2. The van der Waals surface area contributed by atoms with Gasteiger partial charge in [0.2, 0.25) is 6.79 Å². The molecule has 2 aliphatic heterocycles. The van der Waals surface area contributed by atoms with Gasteiger partial charge in [-0.1, -0.05) is 6.07 Å². The molecule has 1 fully saturated rings. The Kier molecular flexibility index (Phi) is 8.77. The molecule has 13 heteroatoms. The molecule has 3 N–H and O–H groups in total. The number of carbonyl (C=O) groups excluding carboxylic acids is 3. The first-order valence-electron chi connectivity index (χ1n) is 13.3. The van der Waals surface area contributed by atoms with E-state index in [1.165, 1.54) is 18.4 Å². The van der Waals surface area contributed by atoms with Gasteiger partial charge in [0.15, 0.2) is 11.5 Å². The fourth-order valence-corrected chi connectivity index (χ4v) is 5.66. The first-order valence-corrected chi connectivity index (χ1v) is 14.2. The van der Waals surface area contributed by atoms with Gasteiger partial charge in [0.1, 0.15) is 0 Å². The number of benzene rings is 2. The zero-order chi connectivity index (χ0) is 29.6. The quantitative estimate of drug-likeness (QED) is 0.353. The van der Waals surface area contributed by atoms with Crippen LogP contribution in [-0.4, -0.2) is 74.0 Å². The highest BCUT2D eigenvalue weighted by Gasteiger charge is 2.25. The third-order valence-electron chi connectivity index (χ3n) is 6.98. The lowest BCUT2D eigenvalue weighted by Crippen LogP contribution is -2.35. The zero-order valence-electron chi connectivity index (χ0n) is 22.8. The van der Waals surface area contributed by atoms with Crippen LogP contribution >= 0.6 is 11.3 Å². The van der Waals surface area contributed by atoms with Crippen molar-refractivity contribution < 1.29 is 38.5 Å². The van der Waals surface area contributed by atoms with Crippen LogP contribution in [0.1, 0.15) is 44.5 Å². The summed E-state index contributed by atoms with van der Waals surface area (Å²) < 4.78 is 15.6. The molecule has 3 amide bonds. The van der Waals surface area contributed by atoms with Gasteiger partial charge in [-0.05, 0) is 54.3 Å². The summed E-state index contributed by atoms with van der Waals surface area (Å²) in [7, 11) is 1.35. The minimum Gasteiger partial charge on any atom is -0.481 e. The first kappa shape index (κ1) is 28.7. The minimum absolute atomic E-state index is 0.0770. The van der Waals surface area contributed by atoms with Crippen molar-refractivity contribution in [2.24, 2.45) is 0 Å². The van der Waals surface area contributed by atoms with Crippen molar-refractivity contribution >= 4 is 46.6 Å². The summed E-state index contributed by atoms with van der Waals surface area (Å²) in [4.78, 5) is 54.7. The molecule has 1 atom stereocenters. The number of hydrogen-bond acceptors (Lipinski definition) is 9. The molecular formula is C29H30N4O8S. The molecule has 220 valence electrons. The largest absolute Gasteiger partial charge is 0.481 e. The Morgan fingerprint density at radius 3 is 2.52 bits per heavy atom. The van der Waals surface area contributed by atoms with Gasteiger partial charge in [0.25, 0.3) is 11.8 Å². The summed E-state index contributed by atoms with van der Waals surface area (Å²) in [5, 5.41) is 17.0. The number of carbonyl (C=O) groups is 4. The van der Waals surface area contributed by atoms with Crippen LogP contribution in [0.4, 0.5) is 16.2 Å². The van der Waals surface area contributed by atoms with Crippen molar-refractivity contribution in [1.82, 2.24) is 10.2 Å². The molecule has 5 rings (SSSR count). The van der Waals surface area contributed by atoms with E-state index in [0.29, 0.717) is 61.0 Å². The van der Waals surface area contributed by atoms with Gasteiger partial charge in [-0.2, -0.15) is 0 Å². The van der Waals surface area contributed by atoms with Crippen molar-refractivity contribution in [3.63, 3.8) is 0 Å². The third-order valence-corrected chi connectivity index (χ3v) is 7.97. The van der Waals surface area contributed by atoms with Crippen LogP contribution < -0.4 is 25.0 Å². The van der Waals surface area contributed by atoms with E-state index in [9.17, 15) is 24.3 Å². The lowest BCUT2D eigenvalue weighted by Gasteiger charge is -2.26. The molecule has 2 aliphatic rings. The molecular weight excluding hydrogens is 564 g/mol. The third kappa shape index (κ3) is 6.57. The Morgan fingerprint density at radius 2 is 1.76 bits per heavy atom. The van der Waals surface area contributed by atoms with E-state index >= 15 is 0 Å². The number of methoxy groups -OCH3 is 1. The standard InChI is InChI=1S/C29H30N4O8S/c1-39-29(38)33-10-3-9-32(11-12-33)22-7-5-18(27(36)31-21(16-26(34)35)25-4-2-13-42-25)14-20(22)30-28(37)19-6-8-23-24(15-19)41-17-40-23/h2,4-8,13-15,21H,3,9-12,16-17H2,1H3,(H,30,37)(H,31,36)(H,34,35). The number of carboxylic acid groups (broad SMARTS) is 1. The predicted octanol–water partition coefficient (Wildman–Crippen LogP) is 3.95. The number of anilines is 2. The van der Waals surface area contributed by atoms with Crippen LogP contribution in [0.15, 0.2) is 53.9 Å². The second kappa shape index (κ2) is 12.8. The zero-order valence-corrected chi connectivity index (χ0v) is 23.6. The van der Waals surface area contributed by atoms with Gasteiger partial charge >= 0.3 is 12.1 Å². The number of aliphatic carboxylic acids is 1. The number of nitrogens with one attached hydrogen (secondary N) is 2. The van der Waals surface area contributed by atoms with E-state index in [4.69, 9.17) is 14.2 Å². The Balaban J connectivity index is 1.42.